The topological polar surface area (TPSA) is 66.0 Å². The van der Waals surface area contributed by atoms with Gasteiger partial charge in [0.25, 0.3) is 0 Å². The van der Waals surface area contributed by atoms with Crippen LogP contribution in [-0.2, 0) is 0 Å². The quantitative estimate of drug-likeness (QED) is 0.759. The minimum absolute atomic E-state index is 0.313. The second-order valence-corrected chi connectivity index (χ2v) is 4.36. The largest absolute Gasteiger partial charge is 0.337 e. The van der Waals surface area contributed by atoms with Crippen LogP contribution in [0.2, 0.25) is 10.0 Å². The van der Waals surface area contributed by atoms with Crippen molar-refractivity contribution in [2.75, 3.05) is 10.7 Å². The first-order valence-corrected chi connectivity index (χ1v) is 6.09. The van der Waals surface area contributed by atoms with Crippen LogP contribution >= 0.6 is 23.2 Å². The Hall–Kier alpha value is -1.98. The lowest BCUT2D eigenvalue weighted by molar-refractivity contribution is 0.254. The van der Waals surface area contributed by atoms with Crippen LogP contribution in [-0.4, -0.2) is 11.0 Å². The van der Waals surface area contributed by atoms with Crippen molar-refractivity contribution in [1.82, 2.24) is 10.4 Å². The Bertz CT molecular complexity index is 557. The van der Waals surface area contributed by atoms with Crippen molar-refractivity contribution < 1.29 is 4.79 Å². The standard InChI is InChI=1S/C12H10Cl2N4O/c13-9-6-15-7-10(14)11(9)17-18-12(19)16-8-4-2-1-3-5-8/h1-7H,(H,15,17)(H2,16,18,19). The van der Waals surface area contributed by atoms with Crippen molar-refractivity contribution in [3.05, 3.63) is 52.8 Å². The number of hydrazine groups is 1. The SMILES string of the molecule is O=C(NNc1c(Cl)cncc1Cl)Nc1ccccc1. The molecule has 2 amide bonds. The van der Waals surface area contributed by atoms with Gasteiger partial charge in [0.1, 0.15) is 0 Å². The number of para-hydroxylation sites is 1. The van der Waals surface area contributed by atoms with Gasteiger partial charge >= 0.3 is 6.03 Å². The van der Waals surface area contributed by atoms with Crippen molar-refractivity contribution in [2.24, 2.45) is 0 Å². The first-order valence-electron chi connectivity index (χ1n) is 5.34. The van der Waals surface area contributed by atoms with E-state index in [1.54, 1.807) is 12.1 Å². The second-order valence-electron chi connectivity index (χ2n) is 3.55. The number of urea groups is 1. The zero-order valence-corrected chi connectivity index (χ0v) is 11.2. The van der Waals surface area contributed by atoms with Gasteiger partial charge in [0.05, 0.1) is 15.7 Å². The molecule has 0 bridgehead atoms. The van der Waals surface area contributed by atoms with Gasteiger partial charge in [-0.25, -0.2) is 4.79 Å². The van der Waals surface area contributed by atoms with Crippen molar-refractivity contribution >= 4 is 40.6 Å². The minimum Gasteiger partial charge on any atom is -0.307 e. The van der Waals surface area contributed by atoms with E-state index >= 15 is 0 Å². The second kappa shape index (κ2) is 6.26. The summed E-state index contributed by atoms with van der Waals surface area (Å²) < 4.78 is 0. The molecule has 0 fully saturated rings. The van der Waals surface area contributed by atoms with Gasteiger partial charge in [0.2, 0.25) is 0 Å². The lowest BCUT2D eigenvalue weighted by Crippen LogP contribution is -2.33. The highest BCUT2D eigenvalue weighted by Gasteiger charge is 2.07. The first kappa shape index (κ1) is 13.5. The molecule has 1 heterocycles. The number of anilines is 2. The number of amides is 2. The van der Waals surface area contributed by atoms with Crippen molar-refractivity contribution in [1.29, 1.82) is 0 Å². The number of aromatic nitrogens is 1. The van der Waals surface area contributed by atoms with E-state index in [2.05, 4.69) is 21.2 Å². The fourth-order valence-electron chi connectivity index (χ4n) is 1.33. The highest BCUT2D eigenvalue weighted by molar-refractivity contribution is 6.38. The summed E-state index contributed by atoms with van der Waals surface area (Å²) in [5.41, 5.74) is 6.13. The summed E-state index contributed by atoms with van der Waals surface area (Å²) in [5, 5.41) is 3.26. The number of benzene rings is 1. The number of hydrogen-bond donors (Lipinski definition) is 3. The molecule has 0 spiro atoms. The van der Waals surface area contributed by atoms with Crippen molar-refractivity contribution in [2.45, 2.75) is 0 Å². The fraction of sp³-hybridized carbons (Fsp3) is 0. The van der Waals surface area contributed by atoms with Crippen LogP contribution in [0.5, 0.6) is 0 Å². The molecule has 1 aromatic heterocycles. The van der Waals surface area contributed by atoms with Crippen LogP contribution in [0.1, 0.15) is 0 Å². The minimum atomic E-state index is -0.435. The molecule has 0 atom stereocenters. The van der Waals surface area contributed by atoms with Gasteiger partial charge in [0.15, 0.2) is 0 Å². The van der Waals surface area contributed by atoms with Crippen LogP contribution in [0.25, 0.3) is 0 Å². The summed E-state index contributed by atoms with van der Waals surface area (Å²) in [6.45, 7) is 0. The third kappa shape index (κ3) is 3.74. The molecule has 1 aromatic carbocycles. The van der Waals surface area contributed by atoms with Crippen LogP contribution in [0.4, 0.5) is 16.2 Å². The zero-order valence-electron chi connectivity index (χ0n) is 9.65. The third-order valence-corrected chi connectivity index (χ3v) is 2.76. The van der Waals surface area contributed by atoms with Crippen LogP contribution in [0.15, 0.2) is 42.7 Å². The van der Waals surface area contributed by atoms with E-state index in [1.165, 1.54) is 12.4 Å². The van der Waals surface area contributed by atoms with Crippen molar-refractivity contribution in [3.63, 3.8) is 0 Å². The summed E-state index contributed by atoms with van der Waals surface area (Å²) in [7, 11) is 0. The van der Waals surface area contributed by atoms with E-state index in [4.69, 9.17) is 23.2 Å². The van der Waals surface area contributed by atoms with Crippen molar-refractivity contribution in [3.8, 4) is 0 Å². The number of nitrogens with zero attached hydrogens (tertiary/aromatic N) is 1. The number of hydrogen-bond acceptors (Lipinski definition) is 3. The normalized spacial score (nSPS) is 9.79. The Morgan fingerprint density at radius 3 is 2.32 bits per heavy atom. The number of carbonyl (C=O) groups excluding carboxylic acids is 1. The molecule has 0 saturated heterocycles. The van der Waals surface area contributed by atoms with Gasteiger partial charge in [-0.15, -0.1) is 0 Å². The van der Waals surface area contributed by atoms with Crippen LogP contribution in [0, 0.1) is 0 Å². The lowest BCUT2D eigenvalue weighted by Gasteiger charge is -2.11. The number of nitrogens with one attached hydrogen (secondary N) is 3. The molecular weight excluding hydrogens is 287 g/mol. The molecule has 0 saturated carbocycles. The Labute approximate surface area is 119 Å². The summed E-state index contributed by atoms with van der Waals surface area (Å²) in [6, 6.07) is 8.60. The maximum Gasteiger partial charge on any atom is 0.337 e. The number of carbonyl (C=O) groups is 1. The highest BCUT2D eigenvalue weighted by atomic mass is 35.5. The lowest BCUT2D eigenvalue weighted by atomic mass is 10.3. The highest BCUT2D eigenvalue weighted by Crippen LogP contribution is 2.27. The molecule has 3 N–H and O–H groups in total. The van der Waals surface area contributed by atoms with Crippen LogP contribution in [0.3, 0.4) is 0 Å². The van der Waals surface area contributed by atoms with E-state index in [0.29, 0.717) is 21.4 Å². The predicted octanol–water partition coefficient (Wildman–Crippen LogP) is 3.54. The Balaban J connectivity index is 1.94. The molecule has 2 rings (SSSR count). The maximum atomic E-state index is 11.6. The average molecular weight is 297 g/mol. The molecule has 0 aliphatic heterocycles. The summed E-state index contributed by atoms with van der Waals surface area (Å²) in [5.74, 6) is 0. The summed E-state index contributed by atoms with van der Waals surface area (Å²) >= 11 is 11.8. The predicted molar refractivity (Wildman–Crippen MR) is 76.5 cm³/mol. The van der Waals surface area contributed by atoms with Gasteiger partial charge in [-0.1, -0.05) is 41.4 Å². The molecule has 7 heteroatoms. The Kier molecular flexibility index (Phi) is 4.43. The zero-order chi connectivity index (χ0) is 13.7. The first-order chi connectivity index (χ1) is 9.16. The molecule has 5 nitrogen and oxygen atoms in total. The van der Waals surface area contributed by atoms with Crippen LogP contribution < -0.4 is 16.2 Å². The summed E-state index contributed by atoms with van der Waals surface area (Å²) in [4.78, 5) is 15.4. The van der Waals surface area contributed by atoms with Gasteiger partial charge in [-0.05, 0) is 12.1 Å². The van der Waals surface area contributed by atoms with E-state index in [1.807, 2.05) is 18.2 Å². The number of pyridine rings is 1. The molecule has 0 aliphatic carbocycles. The maximum absolute atomic E-state index is 11.6. The molecule has 2 aromatic rings. The number of rotatable bonds is 3. The Morgan fingerprint density at radius 2 is 1.68 bits per heavy atom. The molecule has 0 radical (unpaired) electrons. The molecular formula is C12H10Cl2N4O. The summed E-state index contributed by atoms with van der Waals surface area (Å²) in [6.07, 6.45) is 2.85. The van der Waals surface area contributed by atoms with Gasteiger partial charge < -0.3 is 5.32 Å². The van der Waals surface area contributed by atoms with E-state index in [0.717, 1.165) is 0 Å². The molecule has 0 aliphatic rings. The van der Waals surface area contributed by atoms with E-state index in [-0.39, 0.29) is 0 Å². The van der Waals surface area contributed by atoms with E-state index in [9.17, 15) is 4.79 Å². The average Bonchev–Trinajstić information content (AvgIpc) is 2.39. The van der Waals surface area contributed by atoms with Gasteiger partial charge in [-0.2, -0.15) is 0 Å². The molecule has 0 unspecified atom stereocenters. The molecule has 19 heavy (non-hydrogen) atoms. The van der Waals surface area contributed by atoms with E-state index < -0.39 is 6.03 Å². The monoisotopic (exact) mass is 296 g/mol. The smallest absolute Gasteiger partial charge is 0.307 e. The fourth-order valence-corrected chi connectivity index (χ4v) is 1.79. The number of halogens is 2. The third-order valence-electron chi connectivity index (χ3n) is 2.19. The molecule has 98 valence electrons. The Morgan fingerprint density at radius 1 is 1.05 bits per heavy atom. The van der Waals surface area contributed by atoms with Gasteiger partial charge in [0, 0.05) is 18.1 Å². The van der Waals surface area contributed by atoms with Gasteiger partial charge in [-0.3, -0.25) is 15.8 Å².